The van der Waals surface area contributed by atoms with Crippen molar-refractivity contribution in [2.24, 2.45) is 0 Å². The van der Waals surface area contributed by atoms with E-state index in [1.54, 1.807) is 24.3 Å². The summed E-state index contributed by atoms with van der Waals surface area (Å²) in [5.41, 5.74) is 1.86. The number of nitrogens with one attached hydrogen (secondary N) is 1. The minimum atomic E-state index is -2.35. The molecular weight excluding hydrogens is 426 g/mol. The Morgan fingerprint density at radius 1 is 0.938 bits per heavy atom. The Hall–Kier alpha value is -3.49. The van der Waals surface area contributed by atoms with Gasteiger partial charge in [-0.1, -0.05) is 30.3 Å². The molecule has 0 saturated heterocycles. The smallest absolute Gasteiger partial charge is 0.295 e. The van der Waals surface area contributed by atoms with Gasteiger partial charge in [0.2, 0.25) is 0 Å². The van der Waals surface area contributed by atoms with Gasteiger partial charge in [-0.15, -0.1) is 0 Å². The molecule has 3 aromatic carbocycles. The molecule has 1 amide bonds. The van der Waals surface area contributed by atoms with Crippen LogP contribution in [0.4, 0.5) is 11.4 Å². The Balaban J connectivity index is 1.79. The van der Waals surface area contributed by atoms with Crippen molar-refractivity contribution in [2.75, 3.05) is 17.4 Å². The van der Waals surface area contributed by atoms with Crippen LogP contribution >= 0.6 is 0 Å². The molecule has 32 heavy (non-hydrogen) atoms. The number of likely N-dealkylation sites (N-methyl/N-ethyl adjacent to an activating group) is 1. The highest BCUT2D eigenvalue weighted by atomic mass is 32.2. The average Bonchev–Trinajstić information content (AvgIpc) is 3.22. The van der Waals surface area contributed by atoms with E-state index < -0.39 is 23.0 Å². The van der Waals surface area contributed by atoms with E-state index >= 15 is 0 Å². The molecule has 4 rings (SSSR count). The molecule has 0 aliphatic rings. The number of anilines is 2. The third-order valence-corrected chi connectivity index (χ3v) is 6.25. The zero-order valence-electron chi connectivity index (χ0n) is 17.7. The van der Waals surface area contributed by atoms with Crippen LogP contribution in [0.2, 0.25) is 0 Å². The number of rotatable bonds is 7. The number of carbonyl (C=O) groups excluding carboxylic acids is 2. The quantitative estimate of drug-likeness (QED) is 0.244. The molecule has 0 aliphatic carbocycles. The van der Waals surface area contributed by atoms with Crippen molar-refractivity contribution in [1.29, 1.82) is 0 Å². The van der Waals surface area contributed by atoms with E-state index in [1.165, 1.54) is 15.4 Å². The molecule has 0 bridgehead atoms. The number of carbonyl (C=O) groups is 2. The van der Waals surface area contributed by atoms with Gasteiger partial charge in [-0.3, -0.25) is 14.1 Å². The molecule has 4 aromatic rings. The molecule has 0 aliphatic heterocycles. The van der Waals surface area contributed by atoms with E-state index in [0.717, 1.165) is 10.8 Å². The van der Waals surface area contributed by atoms with Crippen LogP contribution in [-0.2, 0) is 16.1 Å². The second kappa shape index (κ2) is 8.94. The molecule has 8 heteroatoms. The van der Waals surface area contributed by atoms with Crippen molar-refractivity contribution in [3.8, 4) is 0 Å². The topological polar surface area (TPSA) is 93.7 Å². The number of aromatic nitrogens is 1. The van der Waals surface area contributed by atoms with Crippen molar-refractivity contribution in [3.05, 3.63) is 72.4 Å². The van der Waals surface area contributed by atoms with E-state index in [-0.39, 0.29) is 5.56 Å². The number of nitrogens with zero attached hydrogens (tertiary/aromatic N) is 2. The van der Waals surface area contributed by atoms with E-state index in [4.69, 9.17) is 0 Å². The lowest BCUT2D eigenvalue weighted by Gasteiger charge is -2.21. The molecule has 0 fully saturated rings. The minimum Gasteiger partial charge on any atom is -0.360 e. The van der Waals surface area contributed by atoms with Crippen LogP contribution in [0, 0.1) is 0 Å². The second-order valence-corrected chi connectivity index (χ2v) is 8.12. The Morgan fingerprint density at radius 3 is 2.28 bits per heavy atom. The normalized spacial score (nSPS) is 12.1. The van der Waals surface area contributed by atoms with Gasteiger partial charge in [0.15, 0.2) is 0 Å². The lowest BCUT2D eigenvalue weighted by molar-refractivity contribution is -0.126. The van der Waals surface area contributed by atoms with Gasteiger partial charge in [0, 0.05) is 30.2 Å². The van der Waals surface area contributed by atoms with Crippen LogP contribution in [0.1, 0.15) is 24.2 Å². The van der Waals surface area contributed by atoms with Gasteiger partial charge in [0.25, 0.3) is 23.0 Å². The zero-order chi connectivity index (χ0) is 22.8. The van der Waals surface area contributed by atoms with Gasteiger partial charge in [0.05, 0.1) is 16.9 Å². The Bertz CT molecular complexity index is 1340. The molecule has 1 aromatic heterocycles. The highest BCUT2D eigenvalue weighted by molar-refractivity contribution is 7.81. The summed E-state index contributed by atoms with van der Waals surface area (Å²) in [6.45, 7) is 4.52. The standard InChI is InChI=1S/C24H23N3O4S/c1-3-26(4-2)24(29)23(28)21-15-25-22-12-11-19(14-20(21)22)27(32(30)31)18-10-9-16-7-5-6-8-17(16)13-18/h5-15,25H,3-4H2,1-2H3,(H,30,31). The number of H-pyrrole nitrogens is 1. The molecule has 0 spiro atoms. The van der Waals surface area contributed by atoms with Gasteiger partial charge in [0.1, 0.15) is 0 Å². The SMILES string of the molecule is CCN(CC)C(=O)C(=O)c1c[nH]c2ccc(N(c3ccc4ccccc4c3)S(=O)O)cc12. The zero-order valence-corrected chi connectivity index (χ0v) is 18.6. The number of aromatic amines is 1. The minimum absolute atomic E-state index is 0.237. The number of hydrogen-bond donors (Lipinski definition) is 2. The molecule has 164 valence electrons. The Labute approximate surface area is 188 Å². The predicted molar refractivity (Wildman–Crippen MR) is 127 cm³/mol. The maximum atomic E-state index is 12.9. The van der Waals surface area contributed by atoms with Gasteiger partial charge in [-0.25, -0.2) is 8.51 Å². The first-order valence-electron chi connectivity index (χ1n) is 10.3. The van der Waals surface area contributed by atoms with Crippen LogP contribution in [0.5, 0.6) is 0 Å². The molecule has 2 N–H and O–H groups in total. The first kappa shape index (κ1) is 21.7. The predicted octanol–water partition coefficient (Wildman–Crippen LogP) is 4.65. The number of Topliss-reactive ketones (excluding diaryl/α,β-unsaturated/α-hetero) is 1. The second-order valence-electron chi connectivity index (χ2n) is 7.30. The molecule has 1 atom stereocenters. The molecule has 1 unspecified atom stereocenters. The van der Waals surface area contributed by atoms with Gasteiger partial charge in [-0.05, 0) is 55.0 Å². The summed E-state index contributed by atoms with van der Waals surface area (Å²) >= 11 is -2.35. The third-order valence-electron chi connectivity index (χ3n) is 5.51. The summed E-state index contributed by atoms with van der Waals surface area (Å²) in [6, 6.07) is 18.3. The number of benzene rings is 3. The maximum absolute atomic E-state index is 12.9. The summed E-state index contributed by atoms with van der Waals surface area (Å²) in [4.78, 5) is 29.9. The average molecular weight is 450 g/mol. The van der Waals surface area contributed by atoms with Crippen LogP contribution in [0.15, 0.2) is 66.9 Å². The van der Waals surface area contributed by atoms with Gasteiger partial charge < -0.3 is 9.88 Å². The maximum Gasteiger partial charge on any atom is 0.295 e. The van der Waals surface area contributed by atoms with Crippen molar-refractivity contribution in [1.82, 2.24) is 9.88 Å². The molecular formula is C24H23N3O4S. The highest BCUT2D eigenvalue weighted by Gasteiger charge is 2.25. The van der Waals surface area contributed by atoms with Crippen molar-refractivity contribution in [2.45, 2.75) is 13.8 Å². The summed E-state index contributed by atoms with van der Waals surface area (Å²) in [5.74, 6) is -1.18. The van der Waals surface area contributed by atoms with Gasteiger partial charge >= 0.3 is 0 Å². The number of fused-ring (bicyclic) bond motifs is 2. The molecule has 0 radical (unpaired) electrons. The lowest BCUT2D eigenvalue weighted by atomic mass is 10.1. The highest BCUT2D eigenvalue weighted by Crippen LogP contribution is 2.33. The van der Waals surface area contributed by atoms with Crippen LogP contribution in [0.3, 0.4) is 0 Å². The van der Waals surface area contributed by atoms with E-state index in [2.05, 4.69) is 4.98 Å². The summed E-state index contributed by atoms with van der Waals surface area (Å²) in [6.07, 6.45) is 1.51. The molecule has 1 heterocycles. The third kappa shape index (κ3) is 3.90. The number of amides is 1. The monoisotopic (exact) mass is 449 g/mol. The first-order chi connectivity index (χ1) is 15.4. The van der Waals surface area contributed by atoms with Crippen molar-refractivity contribution in [3.63, 3.8) is 0 Å². The fraction of sp³-hybridized carbons (Fsp3) is 0.167. The van der Waals surface area contributed by atoms with E-state index in [0.29, 0.717) is 35.4 Å². The first-order valence-corrected chi connectivity index (χ1v) is 11.4. The summed E-state index contributed by atoms with van der Waals surface area (Å²) in [5, 5.41) is 2.47. The van der Waals surface area contributed by atoms with Gasteiger partial charge in [-0.2, -0.15) is 0 Å². The van der Waals surface area contributed by atoms with Crippen molar-refractivity contribution < 1.29 is 18.4 Å². The van der Waals surface area contributed by atoms with E-state index in [9.17, 15) is 18.4 Å². The molecule has 0 saturated carbocycles. The number of hydrogen-bond acceptors (Lipinski definition) is 3. The fourth-order valence-corrected chi connectivity index (χ4v) is 4.41. The van der Waals surface area contributed by atoms with E-state index in [1.807, 2.05) is 50.2 Å². The fourth-order valence-electron chi connectivity index (χ4n) is 3.82. The summed E-state index contributed by atoms with van der Waals surface area (Å²) < 4.78 is 23.7. The van der Waals surface area contributed by atoms with Crippen LogP contribution in [0.25, 0.3) is 21.7 Å². The van der Waals surface area contributed by atoms with Crippen LogP contribution < -0.4 is 4.31 Å². The van der Waals surface area contributed by atoms with Crippen molar-refractivity contribution >= 4 is 56.0 Å². The lowest BCUT2D eigenvalue weighted by Crippen LogP contribution is -2.36. The Morgan fingerprint density at radius 2 is 1.59 bits per heavy atom. The van der Waals surface area contributed by atoms with Crippen LogP contribution in [-0.4, -0.2) is 43.4 Å². The molecule has 7 nitrogen and oxygen atoms in total. The summed E-state index contributed by atoms with van der Waals surface area (Å²) in [7, 11) is 0. The Kier molecular flexibility index (Phi) is 6.07. The largest absolute Gasteiger partial charge is 0.360 e. The number of ketones is 1.